The standard InChI is InChI=1S/C30H44O5/c1-25-11-12-26(2,24(34)35)16-19(25)18-15-20(32)23-27(3)9-8-22(33)28(4,17-31)21(27)7-10-30(23,6)29(18,5)14-13-25/h15,17,19,21-23,33H,7-14,16H2,1-6H3,(H,34,35)/t19-,21+,22-,23+,25+,26-,27-,28-,29+,30+/m0/s1. The van der Waals surface area contributed by atoms with E-state index in [0.717, 1.165) is 44.8 Å². The van der Waals surface area contributed by atoms with Crippen molar-refractivity contribution in [2.75, 3.05) is 0 Å². The van der Waals surface area contributed by atoms with Crippen LogP contribution in [0.5, 0.6) is 0 Å². The summed E-state index contributed by atoms with van der Waals surface area (Å²) in [5.74, 6) is -0.648. The second kappa shape index (κ2) is 7.30. The lowest BCUT2D eigenvalue weighted by molar-refractivity contribution is -0.202. The van der Waals surface area contributed by atoms with E-state index in [1.807, 2.05) is 19.9 Å². The summed E-state index contributed by atoms with van der Waals surface area (Å²) in [6.07, 6.45) is 9.49. The van der Waals surface area contributed by atoms with Crippen LogP contribution in [0.2, 0.25) is 0 Å². The third kappa shape index (κ3) is 2.94. The van der Waals surface area contributed by atoms with Crippen molar-refractivity contribution in [1.29, 1.82) is 0 Å². The lowest BCUT2D eigenvalue weighted by atomic mass is 9.33. The molecule has 0 spiro atoms. The van der Waals surface area contributed by atoms with Gasteiger partial charge in [-0.3, -0.25) is 9.59 Å². The van der Waals surface area contributed by atoms with E-state index in [1.165, 1.54) is 5.57 Å². The van der Waals surface area contributed by atoms with Crippen LogP contribution in [-0.4, -0.2) is 34.4 Å². The van der Waals surface area contributed by atoms with Crippen LogP contribution in [0.4, 0.5) is 0 Å². The van der Waals surface area contributed by atoms with Gasteiger partial charge in [0.05, 0.1) is 16.9 Å². The van der Waals surface area contributed by atoms with Gasteiger partial charge in [-0.25, -0.2) is 0 Å². The lowest BCUT2D eigenvalue weighted by Gasteiger charge is -2.70. The van der Waals surface area contributed by atoms with Crippen LogP contribution in [0.1, 0.15) is 99.3 Å². The number of aliphatic carboxylic acids is 1. The molecule has 0 aromatic heterocycles. The second-order valence-electron chi connectivity index (χ2n) is 14.6. The largest absolute Gasteiger partial charge is 0.481 e. The van der Waals surface area contributed by atoms with Gasteiger partial charge in [0.15, 0.2) is 5.78 Å². The molecule has 0 amide bonds. The molecule has 5 aliphatic carbocycles. The number of hydrogen-bond acceptors (Lipinski definition) is 4. The van der Waals surface area contributed by atoms with E-state index in [1.54, 1.807) is 0 Å². The summed E-state index contributed by atoms with van der Waals surface area (Å²) in [4.78, 5) is 38.7. The summed E-state index contributed by atoms with van der Waals surface area (Å²) in [7, 11) is 0. The summed E-state index contributed by atoms with van der Waals surface area (Å²) in [6.45, 7) is 13.0. The number of aliphatic hydroxyl groups excluding tert-OH is 1. The Labute approximate surface area is 210 Å². The van der Waals surface area contributed by atoms with E-state index < -0.39 is 22.9 Å². The van der Waals surface area contributed by atoms with Gasteiger partial charge in [0.25, 0.3) is 0 Å². The first-order chi connectivity index (χ1) is 16.1. The molecule has 0 radical (unpaired) electrons. The fraction of sp³-hybridized carbons (Fsp3) is 0.833. The molecule has 4 fully saturated rings. The van der Waals surface area contributed by atoms with Crippen molar-refractivity contribution in [2.24, 2.45) is 50.2 Å². The highest BCUT2D eigenvalue weighted by Crippen LogP contribution is 2.75. The number of hydrogen-bond donors (Lipinski definition) is 2. The highest BCUT2D eigenvalue weighted by Gasteiger charge is 2.70. The Hall–Kier alpha value is -1.49. The monoisotopic (exact) mass is 484 g/mol. The number of fused-ring (bicyclic) bond motifs is 7. The van der Waals surface area contributed by atoms with Crippen molar-refractivity contribution < 1.29 is 24.6 Å². The van der Waals surface area contributed by atoms with Crippen LogP contribution in [0.25, 0.3) is 0 Å². The first-order valence-electron chi connectivity index (χ1n) is 13.8. The van der Waals surface area contributed by atoms with Crippen LogP contribution in [0, 0.1) is 50.2 Å². The summed E-state index contributed by atoms with van der Waals surface area (Å²) >= 11 is 0. The highest BCUT2D eigenvalue weighted by atomic mass is 16.4. The van der Waals surface area contributed by atoms with Crippen LogP contribution in [-0.2, 0) is 14.4 Å². The number of carbonyl (C=O) groups is 3. The van der Waals surface area contributed by atoms with Gasteiger partial charge in [-0.05, 0) is 104 Å². The summed E-state index contributed by atoms with van der Waals surface area (Å²) in [5.41, 5.74) is -1.09. The number of carbonyl (C=O) groups excluding carboxylic acids is 2. The molecule has 0 heterocycles. The van der Waals surface area contributed by atoms with Crippen molar-refractivity contribution in [3.05, 3.63) is 11.6 Å². The van der Waals surface area contributed by atoms with Gasteiger partial charge in [-0.2, -0.15) is 0 Å². The maximum atomic E-state index is 14.2. The first kappa shape index (κ1) is 25.2. The van der Waals surface area contributed by atoms with Crippen molar-refractivity contribution in [3.63, 3.8) is 0 Å². The summed E-state index contributed by atoms with van der Waals surface area (Å²) in [6, 6.07) is 0. The number of aliphatic hydroxyl groups is 1. The Morgan fingerprint density at radius 2 is 1.63 bits per heavy atom. The smallest absolute Gasteiger partial charge is 0.309 e. The molecule has 2 N–H and O–H groups in total. The fourth-order valence-corrected chi connectivity index (χ4v) is 10.3. The van der Waals surface area contributed by atoms with Crippen molar-refractivity contribution in [2.45, 2.75) is 105 Å². The Morgan fingerprint density at radius 1 is 0.971 bits per heavy atom. The molecule has 10 atom stereocenters. The molecule has 5 heteroatoms. The maximum Gasteiger partial charge on any atom is 0.309 e. The number of aldehydes is 1. The van der Waals surface area contributed by atoms with E-state index >= 15 is 0 Å². The van der Waals surface area contributed by atoms with E-state index in [2.05, 4.69) is 27.7 Å². The molecular weight excluding hydrogens is 440 g/mol. The van der Waals surface area contributed by atoms with E-state index in [4.69, 9.17) is 0 Å². The third-order valence-electron chi connectivity index (χ3n) is 13.0. The molecule has 0 aromatic carbocycles. The van der Waals surface area contributed by atoms with Crippen LogP contribution >= 0.6 is 0 Å². The van der Waals surface area contributed by atoms with Gasteiger partial charge in [-0.15, -0.1) is 0 Å². The van der Waals surface area contributed by atoms with Crippen molar-refractivity contribution >= 4 is 18.0 Å². The van der Waals surface area contributed by atoms with Gasteiger partial charge in [0.2, 0.25) is 0 Å². The number of carboxylic acid groups (broad SMARTS) is 1. The minimum atomic E-state index is -0.822. The predicted molar refractivity (Wildman–Crippen MR) is 133 cm³/mol. The molecule has 35 heavy (non-hydrogen) atoms. The highest BCUT2D eigenvalue weighted by molar-refractivity contribution is 5.96. The molecule has 5 nitrogen and oxygen atoms in total. The number of carboxylic acids is 1. The second-order valence-corrected chi connectivity index (χ2v) is 14.6. The van der Waals surface area contributed by atoms with E-state index in [9.17, 15) is 24.6 Å². The fourth-order valence-electron chi connectivity index (χ4n) is 10.3. The minimum Gasteiger partial charge on any atom is -0.481 e. The van der Waals surface area contributed by atoms with Gasteiger partial charge in [0, 0.05) is 5.92 Å². The average molecular weight is 485 g/mol. The number of allylic oxidation sites excluding steroid dienone is 2. The number of rotatable bonds is 2. The topological polar surface area (TPSA) is 91.7 Å². The van der Waals surface area contributed by atoms with Gasteiger partial charge >= 0.3 is 5.97 Å². The lowest BCUT2D eigenvalue weighted by Crippen LogP contribution is -2.67. The molecule has 0 unspecified atom stereocenters. The molecule has 4 saturated carbocycles. The van der Waals surface area contributed by atoms with E-state index in [-0.39, 0.29) is 45.2 Å². The van der Waals surface area contributed by atoms with Gasteiger partial charge < -0.3 is 15.0 Å². The van der Waals surface area contributed by atoms with Gasteiger partial charge in [0.1, 0.15) is 6.29 Å². The molecule has 5 rings (SSSR count). The minimum absolute atomic E-state index is 0.0179. The van der Waals surface area contributed by atoms with Gasteiger partial charge in [-0.1, -0.05) is 40.2 Å². The van der Waals surface area contributed by atoms with E-state index in [0.29, 0.717) is 19.3 Å². The summed E-state index contributed by atoms with van der Waals surface area (Å²) < 4.78 is 0. The zero-order valence-corrected chi connectivity index (χ0v) is 22.4. The molecule has 0 bridgehead atoms. The van der Waals surface area contributed by atoms with Crippen LogP contribution in [0.15, 0.2) is 11.6 Å². The van der Waals surface area contributed by atoms with Crippen molar-refractivity contribution in [1.82, 2.24) is 0 Å². The van der Waals surface area contributed by atoms with Crippen LogP contribution < -0.4 is 0 Å². The molecule has 0 saturated heterocycles. The first-order valence-corrected chi connectivity index (χ1v) is 13.8. The Kier molecular flexibility index (Phi) is 5.25. The zero-order valence-electron chi connectivity index (χ0n) is 22.4. The number of ketones is 1. The Balaban J connectivity index is 1.63. The molecule has 0 aromatic rings. The third-order valence-corrected chi connectivity index (χ3v) is 13.0. The summed E-state index contributed by atoms with van der Waals surface area (Å²) in [5, 5.41) is 20.9. The molecule has 0 aliphatic heterocycles. The normalized spacial score (nSPS) is 55.5. The maximum absolute atomic E-state index is 14.2. The Morgan fingerprint density at radius 3 is 2.26 bits per heavy atom. The quantitative estimate of drug-likeness (QED) is 0.499. The predicted octanol–water partition coefficient (Wildman–Crippen LogP) is 5.59. The molecule has 5 aliphatic rings. The molecule has 194 valence electrons. The molecular formula is C30H44O5. The SMILES string of the molecule is C[C@]1(C(=O)O)CC[C@]2(C)CC[C@]3(C)C(=CC(=O)[C@@H]4[C@@]5(C)CC[C@H](O)[C@@](C)(C=O)[C@@H]5CC[C@]43C)[C@@H]2C1. The van der Waals surface area contributed by atoms with Crippen molar-refractivity contribution in [3.8, 4) is 0 Å². The van der Waals surface area contributed by atoms with Crippen LogP contribution in [0.3, 0.4) is 0 Å². The Bertz CT molecular complexity index is 1020. The zero-order chi connectivity index (χ0) is 25.8. The average Bonchev–Trinajstić information content (AvgIpc) is 2.79.